The number of hydrogen-bond acceptors (Lipinski definition) is 4. The summed E-state index contributed by atoms with van der Waals surface area (Å²) in [6, 6.07) is 3.63. The zero-order valence-corrected chi connectivity index (χ0v) is 12.3. The smallest absolute Gasteiger partial charge is 0.215 e. The van der Waals surface area contributed by atoms with Crippen molar-refractivity contribution in [2.45, 2.75) is 12.8 Å². The van der Waals surface area contributed by atoms with Gasteiger partial charge in [-0.1, -0.05) is 11.6 Å². The molecule has 0 N–H and O–H groups in total. The number of hydrogen-bond donors (Lipinski definition) is 0. The van der Waals surface area contributed by atoms with E-state index >= 15 is 0 Å². The van der Waals surface area contributed by atoms with Crippen molar-refractivity contribution in [2.75, 3.05) is 26.7 Å². The highest BCUT2D eigenvalue weighted by molar-refractivity contribution is 6.35. The number of rotatable bonds is 3. The van der Waals surface area contributed by atoms with E-state index in [1.54, 1.807) is 18.5 Å². The van der Waals surface area contributed by atoms with Crippen LogP contribution in [0.5, 0.6) is 5.88 Å². The average Bonchev–Trinajstić information content (AvgIpc) is 2.47. The molecule has 106 valence electrons. The van der Waals surface area contributed by atoms with Crippen molar-refractivity contribution >= 4 is 22.5 Å². The highest BCUT2D eigenvalue weighted by Crippen LogP contribution is 2.24. The van der Waals surface area contributed by atoms with Gasteiger partial charge in [-0.25, -0.2) is 4.98 Å². The molecule has 5 heteroatoms. The topological polar surface area (TPSA) is 38.2 Å². The number of likely N-dealkylation sites (tertiary alicyclic amines) is 1. The molecule has 0 bridgehead atoms. The Bertz CT molecular complexity index is 597. The van der Waals surface area contributed by atoms with Crippen LogP contribution in [-0.4, -0.2) is 41.6 Å². The Morgan fingerprint density at radius 3 is 2.95 bits per heavy atom. The second-order valence-electron chi connectivity index (χ2n) is 5.39. The molecule has 1 fully saturated rings. The molecule has 0 saturated carbocycles. The number of halogens is 1. The van der Waals surface area contributed by atoms with Gasteiger partial charge in [0.1, 0.15) is 0 Å². The molecule has 0 radical (unpaired) electrons. The van der Waals surface area contributed by atoms with Crippen LogP contribution >= 0.6 is 11.6 Å². The lowest BCUT2D eigenvalue weighted by Gasteiger charge is -2.28. The first-order valence-corrected chi connectivity index (χ1v) is 7.32. The Balaban J connectivity index is 1.66. The van der Waals surface area contributed by atoms with Crippen LogP contribution in [0.1, 0.15) is 12.8 Å². The fourth-order valence-electron chi connectivity index (χ4n) is 2.50. The van der Waals surface area contributed by atoms with Crippen LogP contribution in [0.4, 0.5) is 0 Å². The van der Waals surface area contributed by atoms with Crippen LogP contribution < -0.4 is 4.74 Å². The summed E-state index contributed by atoms with van der Waals surface area (Å²) in [5.41, 5.74) is 0.825. The number of nitrogens with zero attached hydrogens (tertiary/aromatic N) is 3. The van der Waals surface area contributed by atoms with E-state index in [4.69, 9.17) is 16.3 Å². The standard InChI is InChI=1S/C15H18ClN3O/c1-19-6-3-11(4-7-19)10-20-15-8-14-12(9-18-15)13(16)2-5-17-14/h2,5,8-9,11H,3-4,6-7,10H2,1H3. The normalized spacial score (nSPS) is 17.5. The van der Waals surface area contributed by atoms with Crippen molar-refractivity contribution in [2.24, 2.45) is 5.92 Å². The van der Waals surface area contributed by atoms with Crippen LogP contribution in [0.25, 0.3) is 10.9 Å². The zero-order valence-electron chi connectivity index (χ0n) is 11.6. The minimum absolute atomic E-state index is 0.621. The number of pyridine rings is 2. The molecular weight excluding hydrogens is 274 g/mol. The number of aromatic nitrogens is 2. The third kappa shape index (κ3) is 3.02. The highest BCUT2D eigenvalue weighted by atomic mass is 35.5. The number of piperidine rings is 1. The SMILES string of the molecule is CN1CCC(COc2cc3nccc(Cl)c3cn2)CC1. The van der Waals surface area contributed by atoms with Gasteiger partial charge in [-0.05, 0) is 45.0 Å². The van der Waals surface area contributed by atoms with Gasteiger partial charge in [0.05, 0.1) is 17.1 Å². The average molecular weight is 292 g/mol. The molecule has 3 rings (SSSR count). The molecule has 20 heavy (non-hydrogen) atoms. The van der Waals surface area contributed by atoms with E-state index < -0.39 is 0 Å². The van der Waals surface area contributed by atoms with Gasteiger partial charge >= 0.3 is 0 Å². The molecule has 1 saturated heterocycles. The predicted molar refractivity (Wildman–Crippen MR) is 80.3 cm³/mol. The fraction of sp³-hybridized carbons (Fsp3) is 0.467. The molecule has 2 aromatic rings. The Morgan fingerprint density at radius 2 is 2.15 bits per heavy atom. The van der Waals surface area contributed by atoms with E-state index in [-0.39, 0.29) is 0 Å². The van der Waals surface area contributed by atoms with E-state index in [2.05, 4.69) is 21.9 Å². The lowest BCUT2D eigenvalue weighted by atomic mass is 9.98. The largest absolute Gasteiger partial charge is 0.477 e. The van der Waals surface area contributed by atoms with Crippen molar-refractivity contribution < 1.29 is 4.74 Å². The number of ether oxygens (including phenoxy) is 1. The Hall–Kier alpha value is -1.39. The van der Waals surface area contributed by atoms with Crippen LogP contribution in [0.15, 0.2) is 24.5 Å². The Kier molecular flexibility index (Phi) is 4.03. The molecule has 1 aliphatic heterocycles. The van der Waals surface area contributed by atoms with Gasteiger partial charge < -0.3 is 9.64 Å². The van der Waals surface area contributed by atoms with E-state index in [1.807, 2.05) is 6.07 Å². The second kappa shape index (κ2) is 5.94. The van der Waals surface area contributed by atoms with Gasteiger partial charge in [0.2, 0.25) is 5.88 Å². The molecule has 2 aromatic heterocycles. The molecule has 0 spiro atoms. The molecule has 0 amide bonds. The summed E-state index contributed by atoms with van der Waals surface area (Å²) < 4.78 is 5.82. The molecular formula is C15H18ClN3O. The molecule has 0 aromatic carbocycles. The predicted octanol–water partition coefficient (Wildman–Crippen LogP) is 3.00. The third-order valence-electron chi connectivity index (χ3n) is 3.85. The zero-order chi connectivity index (χ0) is 13.9. The van der Waals surface area contributed by atoms with Gasteiger partial charge in [0, 0.05) is 23.8 Å². The summed E-state index contributed by atoms with van der Waals surface area (Å²) in [7, 11) is 2.16. The second-order valence-corrected chi connectivity index (χ2v) is 5.80. The third-order valence-corrected chi connectivity index (χ3v) is 4.18. The van der Waals surface area contributed by atoms with Crippen LogP contribution in [-0.2, 0) is 0 Å². The molecule has 4 nitrogen and oxygen atoms in total. The van der Waals surface area contributed by atoms with E-state index in [1.165, 1.54) is 12.8 Å². The minimum atomic E-state index is 0.621. The summed E-state index contributed by atoms with van der Waals surface area (Å²) in [4.78, 5) is 11.0. The Morgan fingerprint density at radius 1 is 1.35 bits per heavy atom. The van der Waals surface area contributed by atoms with Gasteiger partial charge in [0.15, 0.2) is 0 Å². The molecule has 1 aliphatic rings. The highest BCUT2D eigenvalue weighted by Gasteiger charge is 2.17. The molecule has 0 aliphatic carbocycles. The van der Waals surface area contributed by atoms with Crippen LogP contribution in [0, 0.1) is 5.92 Å². The molecule has 0 unspecified atom stereocenters. The summed E-state index contributed by atoms with van der Waals surface area (Å²) in [5, 5.41) is 1.53. The first kappa shape index (κ1) is 13.6. The lowest BCUT2D eigenvalue weighted by molar-refractivity contribution is 0.157. The fourth-order valence-corrected chi connectivity index (χ4v) is 2.70. The van der Waals surface area contributed by atoms with Crippen molar-refractivity contribution in [3.63, 3.8) is 0 Å². The van der Waals surface area contributed by atoms with Crippen molar-refractivity contribution in [3.05, 3.63) is 29.5 Å². The van der Waals surface area contributed by atoms with Crippen LogP contribution in [0.3, 0.4) is 0 Å². The maximum absolute atomic E-state index is 6.10. The summed E-state index contributed by atoms with van der Waals surface area (Å²) in [6.07, 6.45) is 5.81. The van der Waals surface area contributed by atoms with Crippen molar-refractivity contribution in [3.8, 4) is 5.88 Å². The van der Waals surface area contributed by atoms with Crippen LogP contribution in [0.2, 0.25) is 5.02 Å². The first-order valence-electron chi connectivity index (χ1n) is 6.94. The van der Waals surface area contributed by atoms with E-state index in [0.717, 1.165) is 30.6 Å². The van der Waals surface area contributed by atoms with E-state index in [0.29, 0.717) is 16.8 Å². The van der Waals surface area contributed by atoms with Crippen molar-refractivity contribution in [1.29, 1.82) is 0 Å². The van der Waals surface area contributed by atoms with Gasteiger partial charge in [-0.2, -0.15) is 0 Å². The van der Waals surface area contributed by atoms with Gasteiger partial charge in [-0.15, -0.1) is 0 Å². The summed E-state index contributed by atoms with van der Waals surface area (Å²) in [6.45, 7) is 3.03. The molecule has 3 heterocycles. The summed E-state index contributed by atoms with van der Waals surface area (Å²) >= 11 is 6.10. The maximum Gasteiger partial charge on any atom is 0.215 e. The summed E-state index contributed by atoms with van der Waals surface area (Å²) in [5.74, 6) is 1.25. The van der Waals surface area contributed by atoms with Crippen molar-refractivity contribution in [1.82, 2.24) is 14.9 Å². The monoisotopic (exact) mass is 291 g/mol. The lowest BCUT2D eigenvalue weighted by Crippen LogP contribution is -2.32. The number of fused-ring (bicyclic) bond motifs is 1. The first-order chi connectivity index (χ1) is 9.72. The van der Waals surface area contributed by atoms with Gasteiger partial charge in [0.25, 0.3) is 0 Å². The quantitative estimate of drug-likeness (QED) is 0.871. The maximum atomic E-state index is 6.10. The van der Waals surface area contributed by atoms with Gasteiger partial charge in [-0.3, -0.25) is 4.98 Å². The Labute approximate surface area is 123 Å². The molecule has 0 atom stereocenters. The van der Waals surface area contributed by atoms with E-state index in [9.17, 15) is 0 Å². The minimum Gasteiger partial charge on any atom is -0.477 e.